The first kappa shape index (κ1) is 15.8. The summed E-state index contributed by atoms with van der Waals surface area (Å²) in [5.41, 5.74) is 7.35. The van der Waals surface area contributed by atoms with E-state index in [4.69, 9.17) is 10.5 Å². The number of ether oxygens (including phenoxy) is 1. The Morgan fingerprint density at radius 2 is 1.84 bits per heavy atom. The third-order valence-corrected chi connectivity index (χ3v) is 3.23. The lowest BCUT2D eigenvalue weighted by Crippen LogP contribution is -2.05. The predicted octanol–water partition coefficient (Wildman–Crippen LogP) is 2.97. The van der Waals surface area contributed by atoms with Gasteiger partial charge in [-0.05, 0) is 55.5 Å². The number of hydrogen-bond donors (Lipinski definition) is 2. The van der Waals surface area contributed by atoms with E-state index in [0.717, 1.165) is 42.6 Å². The topological polar surface area (TPSA) is 55.5 Å². The number of alkyl halides is 1. The second-order valence-corrected chi connectivity index (χ2v) is 4.68. The van der Waals surface area contributed by atoms with Crippen LogP contribution < -0.4 is 10.5 Å². The molecule has 0 saturated heterocycles. The quantitative estimate of drug-likeness (QED) is 0.678. The van der Waals surface area contributed by atoms with Gasteiger partial charge in [0.05, 0.1) is 13.8 Å². The molecule has 0 bridgehead atoms. The predicted molar refractivity (Wildman–Crippen MR) is 75.6 cm³/mol. The minimum absolute atomic E-state index is 0.243. The number of phenolic OH excluding ortho intramolecular Hbond substituents is 1. The molecular formula is C15H24FNO2. The first-order chi connectivity index (χ1) is 9.22. The monoisotopic (exact) mass is 269 g/mol. The van der Waals surface area contributed by atoms with Crippen LogP contribution in [-0.2, 0) is 12.8 Å². The lowest BCUT2D eigenvalue weighted by atomic mass is 10.0. The molecule has 3 N–H and O–H groups in total. The van der Waals surface area contributed by atoms with Crippen molar-refractivity contribution in [3.05, 3.63) is 23.3 Å². The Balaban J connectivity index is 2.62. The summed E-state index contributed by atoms with van der Waals surface area (Å²) >= 11 is 0. The van der Waals surface area contributed by atoms with Crippen molar-refractivity contribution in [2.24, 2.45) is 5.73 Å². The molecule has 0 aromatic heterocycles. The summed E-state index contributed by atoms with van der Waals surface area (Å²) in [6.45, 7) is 0.283. The molecule has 3 nitrogen and oxygen atoms in total. The SMILES string of the molecule is COc1cc(CCCCCCF)c(O)cc1CCN. The second-order valence-electron chi connectivity index (χ2n) is 4.68. The molecule has 0 atom stereocenters. The van der Waals surface area contributed by atoms with E-state index in [1.165, 1.54) is 0 Å². The van der Waals surface area contributed by atoms with Crippen molar-refractivity contribution in [3.8, 4) is 11.5 Å². The molecule has 0 saturated carbocycles. The number of aryl methyl sites for hydroxylation is 1. The highest BCUT2D eigenvalue weighted by Crippen LogP contribution is 2.29. The lowest BCUT2D eigenvalue weighted by molar-refractivity contribution is 0.405. The molecule has 0 aliphatic carbocycles. The molecule has 0 amide bonds. The Kier molecular flexibility index (Phi) is 7.26. The van der Waals surface area contributed by atoms with Gasteiger partial charge in [0.1, 0.15) is 11.5 Å². The van der Waals surface area contributed by atoms with E-state index in [0.29, 0.717) is 25.1 Å². The second kappa shape index (κ2) is 8.75. The van der Waals surface area contributed by atoms with Gasteiger partial charge in [0.2, 0.25) is 0 Å². The van der Waals surface area contributed by atoms with Crippen LogP contribution in [0.2, 0.25) is 0 Å². The van der Waals surface area contributed by atoms with Gasteiger partial charge >= 0.3 is 0 Å². The molecule has 1 aromatic carbocycles. The van der Waals surface area contributed by atoms with Crippen LogP contribution in [0, 0.1) is 0 Å². The van der Waals surface area contributed by atoms with Crippen LogP contribution in [0.1, 0.15) is 36.8 Å². The summed E-state index contributed by atoms with van der Waals surface area (Å²) < 4.78 is 17.3. The summed E-state index contributed by atoms with van der Waals surface area (Å²) in [5, 5.41) is 9.98. The highest BCUT2D eigenvalue weighted by atomic mass is 19.1. The number of phenols is 1. The zero-order valence-corrected chi connectivity index (χ0v) is 11.6. The Morgan fingerprint density at radius 1 is 1.11 bits per heavy atom. The maximum absolute atomic E-state index is 12.0. The number of nitrogens with two attached hydrogens (primary N) is 1. The van der Waals surface area contributed by atoms with Crippen LogP contribution in [0.25, 0.3) is 0 Å². The van der Waals surface area contributed by atoms with E-state index in [2.05, 4.69) is 0 Å². The molecule has 0 heterocycles. The van der Waals surface area contributed by atoms with Crippen LogP contribution in [0.15, 0.2) is 12.1 Å². The van der Waals surface area contributed by atoms with Crippen molar-refractivity contribution in [1.82, 2.24) is 0 Å². The number of halogens is 1. The number of methoxy groups -OCH3 is 1. The van der Waals surface area contributed by atoms with E-state index < -0.39 is 0 Å². The third-order valence-electron chi connectivity index (χ3n) is 3.23. The van der Waals surface area contributed by atoms with Crippen molar-refractivity contribution in [1.29, 1.82) is 0 Å². The Bertz CT molecular complexity index is 383. The summed E-state index contributed by atoms with van der Waals surface area (Å²) in [4.78, 5) is 0. The number of unbranched alkanes of at least 4 members (excludes halogenated alkanes) is 3. The van der Waals surface area contributed by atoms with Crippen LogP contribution in [0.5, 0.6) is 11.5 Å². The van der Waals surface area contributed by atoms with Crippen molar-refractivity contribution in [3.63, 3.8) is 0 Å². The zero-order chi connectivity index (χ0) is 14.1. The maximum Gasteiger partial charge on any atom is 0.122 e. The van der Waals surface area contributed by atoms with E-state index in [1.807, 2.05) is 6.07 Å². The molecule has 4 heteroatoms. The highest BCUT2D eigenvalue weighted by molar-refractivity contribution is 5.46. The molecule has 0 radical (unpaired) electrons. The van der Waals surface area contributed by atoms with Crippen molar-refractivity contribution in [2.75, 3.05) is 20.3 Å². The summed E-state index contributed by atoms with van der Waals surface area (Å²) in [7, 11) is 1.62. The van der Waals surface area contributed by atoms with E-state index in [1.54, 1.807) is 13.2 Å². The van der Waals surface area contributed by atoms with Crippen LogP contribution >= 0.6 is 0 Å². The van der Waals surface area contributed by atoms with Gasteiger partial charge in [0, 0.05) is 0 Å². The van der Waals surface area contributed by atoms with Gasteiger partial charge < -0.3 is 15.6 Å². The lowest BCUT2D eigenvalue weighted by Gasteiger charge is -2.12. The molecule has 1 rings (SSSR count). The Morgan fingerprint density at radius 3 is 2.47 bits per heavy atom. The molecule has 0 fully saturated rings. The number of rotatable bonds is 9. The minimum atomic E-state index is -0.243. The van der Waals surface area contributed by atoms with E-state index in [-0.39, 0.29) is 6.67 Å². The van der Waals surface area contributed by atoms with Gasteiger partial charge in [-0.3, -0.25) is 4.39 Å². The fourth-order valence-electron chi connectivity index (χ4n) is 2.16. The van der Waals surface area contributed by atoms with Gasteiger partial charge in [-0.2, -0.15) is 0 Å². The van der Waals surface area contributed by atoms with Crippen LogP contribution in [-0.4, -0.2) is 25.4 Å². The maximum atomic E-state index is 12.0. The fraction of sp³-hybridized carbons (Fsp3) is 0.600. The van der Waals surface area contributed by atoms with Crippen molar-refractivity contribution >= 4 is 0 Å². The first-order valence-electron chi connectivity index (χ1n) is 6.87. The van der Waals surface area contributed by atoms with Crippen molar-refractivity contribution < 1.29 is 14.2 Å². The van der Waals surface area contributed by atoms with Gasteiger partial charge in [0.15, 0.2) is 0 Å². The van der Waals surface area contributed by atoms with Crippen molar-refractivity contribution in [2.45, 2.75) is 38.5 Å². The van der Waals surface area contributed by atoms with E-state index >= 15 is 0 Å². The average molecular weight is 269 g/mol. The molecule has 0 aliphatic heterocycles. The molecule has 108 valence electrons. The normalized spacial score (nSPS) is 10.7. The largest absolute Gasteiger partial charge is 0.508 e. The van der Waals surface area contributed by atoms with Gasteiger partial charge in [-0.1, -0.05) is 12.8 Å². The van der Waals surface area contributed by atoms with Gasteiger partial charge in [-0.25, -0.2) is 0 Å². The standard InChI is InChI=1S/C15H24FNO2/c1-19-15-11-12(6-4-2-3-5-8-16)14(18)10-13(15)7-9-17/h10-11,18H,2-9,17H2,1H3. The zero-order valence-electron chi connectivity index (χ0n) is 11.6. The fourth-order valence-corrected chi connectivity index (χ4v) is 2.16. The third kappa shape index (κ3) is 5.07. The van der Waals surface area contributed by atoms with E-state index in [9.17, 15) is 9.50 Å². The molecule has 0 aliphatic rings. The molecule has 0 spiro atoms. The Hall–Kier alpha value is -1.29. The smallest absolute Gasteiger partial charge is 0.122 e. The number of hydrogen-bond acceptors (Lipinski definition) is 3. The Labute approximate surface area is 114 Å². The molecular weight excluding hydrogens is 245 g/mol. The van der Waals surface area contributed by atoms with Gasteiger partial charge in [-0.15, -0.1) is 0 Å². The number of aromatic hydroxyl groups is 1. The highest BCUT2D eigenvalue weighted by Gasteiger charge is 2.09. The van der Waals surface area contributed by atoms with Crippen LogP contribution in [0.4, 0.5) is 4.39 Å². The number of benzene rings is 1. The average Bonchev–Trinajstić information content (AvgIpc) is 2.41. The van der Waals surface area contributed by atoms with Gasteiger partial charge in [0.25, 0.3) is 0 Å². The van der Waals surface area contributed by atoms with Crippen LogP contribution in [0.3, 0.4) is 0 Å². The first-order valence-corrected chi connectivity index (χ1v) is 6.87. The molecule has 0 unspecified atom stereocenters. The molecule has 19 heavy (non-hydrogen) atoms. The minimum Gasteiger partial charge on any atom is -0.508 e. The summed E-state index contributed by atoms with van der Waals surface area (Å²) in [6, 6.07) is 3.62. The molecule has 1 aromatic rings. The summed E-state index contributed by atoms with van der Waals surface area (Å²) in [6.07, 6.45) is 4.94. The summed E-state index contributed by atoms with van der Waals surface area (Å²) in [5.74, 6) is 1.08.